The zero-order valence-electron chi connectivity index (χ0n) is 6.47. The van der Waals surface area contributed by atoms with E-state index in [4.69, 9.17) is 5.11 Å². The average molecular weight is 158 g/mol. The molecule has 64 valence electrons. The molecule has 11 heavy (non-hydrogen) atoms. The topological polar surface area (TPSA) is 61.4 Å². The first-order chi connectivity index (χ1) is 5.29. The van der Waals surface area contributed by atoms with Gasteiger partial charge in [0.1, 0.15) is 0 Å². The zero-order valence-corrected chi connectivity index (χ0v) is 6.47. The first kappa shape index (κ1) is 8.49. The van der Waals surface area contributed by atoms with E-state index in [1.165, 1.54) is 0 Å². The molecule has 1 fully saturated rings. The number of aliphatic carboxylic acids is 1. The lowest BCUT2D eigenvalue weighted by Gasteiger charge is -2.23. The molecule has 1 heterocycles. The molecule has 1 rings (SSSR count). The fourth-order valence-electron chi connectivity index (χ4n) is 1.21. The van der Waals surface area contributed by atoms with Crippen molar-refractivity contribution in [1.82, 2.24) is 10.6 Å². The van der Waals surface area contributed by atoms with Crippen LogP contribution in [0.4, 0.5) is 0 Å². The van der Waals surface area contributed by atoms with Crippen LogP contribution < -0.4 is 10.6 Å². The first-order valence-electron chi connectivity index (χ1n) is 3.95. The summed E-state index contributed by atoms with van der Waals surface area (Å²) in [6.45, 7) is 2.83. The van der Waals surface area contributed by atoms with Crippen LogP contribution in [0, 0.1) is 0 Å². The van der Waals surface area contributed by atoms with Crippen molar-refractivity contribution in [3.8, 4) is 0 Å². The fraction of sp³-hybridized carbons (Fsp3) is 0.857. The Kier molecular flexibility index (Phi) is 3.32. The van der Waals surface area contributed by atoms with Gasteiger partial charge in [0.25, 0.3) is 0 Å². The highest BCUT2D eigenvalue weighted by atomic mass is 16.4. The summed E-state index contributed by atoms with van der Waals surface area (Å²) >= 11 is 0. The van der Waals surface area contributed by atoms with Crippen LogP contribution >= 0.6 is 0 Å². The minimum atomic E-state index is -0.711. The highest BCUT2D eigenvalue weighted by molar-refractivity contribution is 5.66. The van der Waals surface area contributed by atoms with Crippen LogP contribution in [-0.4, -0.2) is 36.8 Å². The van der Waals surface area contributed by atoms with E-state index in [0.717, 1.165) is 26.1 Å². The Morgan fingerprint density at radius 2 is 2.36 bits per heavy atom. The molecule has 0 bridgehead atoms. The maximum atomic E-state index is 10.2. The van der Waals surface area contributed by atoms with Crippen molar-refractivity contribution in [3.05, 3.63) is 0 Å². The van der Waals surface area contributed by atoms with Gasteiger partial charge in [-0.05, 0) is 6.42 Å². The van der Waals surface area contributed by atoms with E-state index in [0.29, 0.717) is 6.04 Å². The number of carboxylic acids is 1. The lowest BCUT2D eigenvalue weighted by Crippen LogP contribution is -2.48. The first-order valence-corrected chi connectivity index (χ1v) is 3.95. The van der Waals surface area contributed by atoms with Crippen LogP contribution in [0.2, 0.25) is 0 Å². The number of carboxylic acid groups (broad SMARTS) is 1. The number of carbonyl (C=O) groups is 1. The van der Waals surface area contributed by atoms with Gasteiger partial charge in [-0.2, -0.15) is 0 Å². The van der Waals surface area contributed by atoms with E-state index in [2.05, 4.69) is 10.6 Å². The van der Waals surface area contributed by atoms with Gasteiger partial charge < -0.3 is 15.7 Å². The molecule has 0 aromatic carbocycles. The quantitative estimate of drug-likeness (QED) is 0.514. The summed E-state index contributed by atoms with van der Waals surface area (Å²) in [4.78, 5) is 10.2. The Balaban J connectivity index is 2.09. The molecular weight excluding hydrogens is 144 g/mol. The molecule has 1 aliphatic rings. The minimum absolute atomic E-state index is 0.263. The molecule has 0 radical (unpaired) electrons. The molecule has 4 nitrogen and oxygen atoms in total. The van der Waals surface area contributed by atoms with Crippen LogP contribution in [-0.2, 0) is 4.79 Å². The summed E-state index contributed by atoms with van der Waals surface area (Å²) in [5.74, 6) is -0.711. The molecule has 4 heteroatoms. The monoisotopic (exact) mass is 158 g/mol. The van der Waals surface area contributed by atoms with E-state index in [-0.39, 0.29) is 6.42 Å². The average Bonchev–Trinajstić information content (AvgIpc) is 2.03. The Labute approximate surface area is 66.0 Å². The largest absolute Gasteiger partial charge is 0.481 e. The lowest BCUT2D eigenvalue weighted by atomic mass is 10.1. The molecule has 0 aromatic rings. The van der Waals surface area contributed by atoms with Gasteiger partial charge in [-0.3, -0.25) is 4.79 Å². The normalized spacial score (nSPS) is 24.9. The van der Waals surface area contributed by atoms with Crippen molar-refractivity contribution in [2.45, 2.75) is 18.9 Å². The molecule has 3 N–H and O–H groups in total. The van der Waals surface area contributed by atoms with Gasteiger partial charge in [0.15, 0.2) is 0 Å². The summed E-state index contributed by atoms with van der Waals surface area (Å²) in [7, 11) is 0. The number of nitrogens with one attached hydrogen (secondary N) is 2. The molecular formula is C7H14N2O2. The predicted octanol–water partition coefficient (Wildman–Crippen LogP) is -0.587. The van der Waals surface area contributed by atoms with Crippen LogP contribution in [0.25, 0.3) is 0 Å². The smallest absolute Gasteiger partial charge is 0.303 e. The number of piperazine rings is 1. The van der Waals surface area contributed by atoms with E-state index < -0.39 is 5.97 Å². The Morgan fingerprint density at radius 1 is 1.55 bits per heavy atom. The molecule has 1 aliphatic heterocycles. The van der Waals surface area contributed by atoms with Crippen molar-refractivity contribution in [2.24, 2.45) is 0 Å². The van der Waals surface area contributed by atoms with Crippen molar-refractivity contribution in [3.63, 3.8) is 0 Å². The van der Waals surface area contributed by atoms with Crippen molar-refractivity contribution in [1.29, 1.82) is 0 Å². The minimum Gasteiger partial charge on any atom is -0.481 e. The zero-order chi connectivity index (χ0) is 8.10. The molecule has 1 saturated heterocycles. The van der Waals surface area contributed by atoms with Gasteiger partial charge in [-0.1, -0.05) is 0 Å². The Bertz CT molecular complexity index is 132. The van der Waals surface area contributed by atoms with E-state index >= 15 is 0 Å². The van der Waals surface area contributed by atoms with Crippen LogP contribution in [0.5, 0.6) is 0 Å². The van der Waals surface area contributed by atoms with Crippen molar-refractivity contribution in [2.75, 3.05) is 19.6 Å². The molecule has 1 unspecified atom stereocenters. The van der Waals surface area contributed by atoms with E-state index in [1.54, 1.807) is 0 Å². The van der Waals surface area contributed by atoms with Crippen LogP contribution in [0.1, 0.15) is 12.8 Å². The third kappa shape index (κ3) is 3.34. The lowest BCUT2D eigenvalue weighted by molar-refractivity contribution is -0.137. The van der Waals surface area contributed by atoms with E-state index in [1.807, 2.05) is 0 Å². The third-order valence-electron chi connectivity index (χ3n) is 1.83. The third-order valence-corrected chi connectivity index (χ3v) is 1.83. The van der Waals surface area contributed by atoms with Crippen LogP contribution in [0.3, 0.4) is 0 Å². The summed E-state index contributed by atoms with van der Waals surface area (Å²) < 4.78 is 0. The van der Waals surface area contributed by atoms with Gasteiger partial charge in [0.05, 0.1) is 0 Å². The Morgan fingerprint density at radius 3 is 2.91 bits per heavy atom. The molecule has 0 amide bonds. The van der Waals surface area contributed by atoms with Gasteiger partial charge in [-0.15, -0.1) is 0 Å². The molecule has 0 saturated carbocycles. The molecule has 1 atom stereocenters. The summed E-state index contributed by atoms with van der Waals surface area (Å²) in [6, 6.07) is 0.347. The number of hydrogen-bond acceptors (Lipinski definition) is 3. The summed E-state index contributed by atoms with van der Waals surface area (Å²) in [5.41, 5.74) is 0. The summed E-state index contributed by atoms with van der Waals surface area (Å²) in [6.07, 6.45) is 0.988. The van der Waals surface area contributed by atoms with Crippen molar-refractivity contribution >= 4 is 5.97 Å². The second-order valence-electron chi connectivity index (χ2n) is 2.79. The maximum absolute atomic E-state index is 10.2. The highest BCUT2D eigenvalue weighted by Crippen LogP contribution is 1.97. The molecule has 0 aliphatic carbocycles. The maximum Gasteiger partial charge on any atom is 0.303 e. The number of hydrogen-bond donors (Lipinski definition) is 3. The molecule has 0 spiro atoms. The molecule has 0 aromatic heterocycles. The second kappa shape index (κ2) is 4.31. The van der Waals surface area contributed by atoms with Gasteiger partial charge in [0, 0.05) is 32.1 Å². The highest BCUT2D eigenvalue weighted by Gasteiger charge is 2.12. The standard InChI is InChI=1S/C7H14N2O2/c10-7(11)2-1-6-5-8-3-4-9-6/h6,8-9H,1-5H2,(H,10,11). The van der Waals surface area contributed by atoms with E-state index in [9.17, 15) is 4.79 Å². The van der Waals surface area contributed by atoms with Gasteiger partial charge in [-0.25, -0.2) is 0 Å². The Hall–Kier alpha value is -0.610. The summed E-state index contributed by atoms with van der Waals surface area (Å²) in [5, 5.41) is 14.8. The SMILES string of the molecule is O=C(O)CCC1CNCCN1. The number of rotatable bonds is 3. The van der Waals surface area contributed by atoms with Gasteiger partial charge in [0.2, 0.25) is 0 Å². The van der Waals surface area contributed by atoms with Crippen LogP contribution in [0.15, 0.2) is 0 Å². The fourth-order valence-corrected chi connectivity index (χ4v) is 1.21. The predicted molar refractivity (Wildman–Crippen MR) is 41.5 cm³/mol. The van der Waals surface area contributed by atoms with Crippen molar-refractivity contribution < 1.29 is 9.90 Å². The second-order valence-corrected chi connectivity index (χ2v) is 2.79. The van der Waals surface area contributed by atoms with Gasteiger partial charge >= 0.3 is 5.97 Å².